The maximum absolute atomic E-state index is 12.9. The molecule has 3 aromatic rings. The number of aromatic nitrogens is 3. The number of carbonyl (C=O) groups is 2. The van der Waals surface area contributed by atoms with Crippen LogP contribution >= 0.6 is 0 Å². The highest BCUT2D eigenvalue weighted by atomic mass is 16.5. The molecule has 1 aromatic carbocycles. The Bertz CT molecular complexity index is 1150. The topological polar surface area (TPSA) is 105 Å². The molecule has 0 saturated heterocycles. The number of carboxylic acid groups (broad SMARTS) is 1. The van der Waals surface area contributed by atoms with E-state index >= 15 is 0 Å². The molecule has 32 heavy (non-hydrogen) atoms. The summed E-state index contributed by atoms with van der Waals surface area (Å²) >= 11 is 0. The monoisotopic (exact) mass is 437 g/mol. The van der Waals surface area contributed by atoms with Gasteiger partial charge in [0.1, 0.15) is 6.54 Å². The molecule has 0 bridgehead atoms. The van der Waals surface area contributed by atoms with Crippen LogP contribution in [0.1, 0.15) is 38.6 Å². The van der Waals surface area contributed by atoms with E-state index in [0.717, 1.165) is 16.8 Å². The molecular formula is C23H27N5O4. The first kappa shape index (κ1) is 21.6. The third kappa shape index (κ3) is 4.23. The van der Waals surface area contributed by atoms with Crippen LogP contribution in [0, 0.1) is 12.8 Å². The number of fused-ring (bicyclic) bond motifs is 1. The van der Waals surface area contributed by atoms with E-state index in [0.29, 0.717) is 30.1 Å². The van der Waals surface area contributed by atoms with Gasteiger partial charge in [-0.2, -0.15) is 5.10 Å². The zero-order chi connectivity index (χ0) is 23.0. The Morgan fingerprint density at radius 2 is 2.00 bits per heavy atom. The molecule has 0 fully saturated rings. The lowest BCUT2D eigenvalue weighted by Crippen LogP contribution is -2.51. The summed E-state index contributed by atoms with van der Waals surface area (Å²) in [5.41, 5.74) is 3.59. The Hall–Kier alpha value is -3.62. The van der Waals surface area contributed by atoms with Crippen molar-refractivity contribution in [3.05, 3.63) is 48.1 Å². The van der Waals surface area contributed by atoms with Crippen LogP contribution in [-0.4, -0.2) is 44.6 Å². The average molecular weight is 438 g/mol. The predicted molar refractivity (Wildman–Crippen MR) is 120 cm³/mol. The number of rotatable bonds is 5. The normalized spacial score (nSPS) is 15.8. The van der Waals surface area contributed by atoms with Gasteiger partial charge in [0, 0.05) is 30.8 Å². The van der Waals surface area contributed by atoms with Crippen LogP contribution in [-0.2, 0) is 11.3 Å². The highest BCUT2D eigenvalue weighted by Gasteiger charge is 2.35. The summed E-state index contributed by atoms with van der Waals surface area (Å²) in [4.78, 5) is 27.9. The van der Waals surface area contributed by atoms with Crippen molar-refractivity contribution in [2.45, 2.75) is 46.7 Å². The van der Waals surface area contributed by atoms with Crippen LogP contribution in [0.25, 0.3) is 11.1 Å². The molecule has 4 rings (SSSR count). The number of aryl methyl sites for hydroxylation is 1. The summed E-state index contributed by atoms with van der Waals surface area (Å²) in [6, 6.07) is 7.14. The standard InChI is InChI=1S/C23H27N5O4/c1-14(2)7-22(29)28-16(4)11-27(23(30)31)21-9-17(5-6-20(21)28)18-10-24-26(12-18)13-19-8-15(3)25-32-19/h5-6,8-10,12,14,16H,7,11,13H2,1-4H3,(H,30,31)/t16-/m0/s1. The third-order valence-corrected chi connectivity index (χ3v) is 5.46. The summed E-state index contributed by atoms with van der Waals surface area (Å²) < 4.78 is 6.99. The van der Waals surface area contributed by atoms with E-state index < -0.39 is 6.09 Å². The summed E-state index contributed by atoms with van der Waals surface area (Å²) in [7, 11) is 0. The number of carbonyl (C=O) groups excluding carboxylic acids is 1. The maximum Gasteiger partial charge on any atom is 0.411 e. The number of hydrogen-bond donors (Lipinski definition) is 1. The van der Waals surface area contributed by atoms with Crippen molar-refractivity contribution < 1.29 is 19.2 Å². The molecule has 9 nitrogen and oxygen atoms in total. The molecule has 168 valence electrons. The minimum Gasteiger partial charge on any atom is -0.465 e. The molecule has 1 aliphatic heterocycles. The van der Waals surface area contributed by atoms with Crippen LogP contribution in [0.3, 0.4) is 0 Å². The van der Waals surface area contributed by atoms with Gasteiger partial charge in [-0.05, 0) is 37.5 Å². The first-order valence-electron chi connectivity index (χ1n) is 10.6. The third-order valence-electron chi connectivity index (χ3n) is 5.46. The molecule has 1 N–H and O–H groups in total. The Morgan fingerprint density at radius 1 is 1.22 bits per heavy atom. The van der Waals surface area contributed by atoms with Gasteiger partial charge in [-0.15, -0.1) is 0 Å². The quantitative estimate of drug-likeness (QED) is 0.643. The van der Waals surface area contributed by atoms with Crippen molar-refractivity contribution in [1.82, 2.24) is 14.9 Å². The molecule has 0 radical (unpaired) electrons. The number of benzene rings is 1. The largest absolute Gasteiger partial charge is 0.465 e. The van der Waals surface area contributed by atoms with E-state index in [1.54, 1.807) is 15.8 Å². The first-order chi connectivity index (χ1) is 15.2. The Kier molecular flexibility index (Phi) is 5.73. The Morgan fingerprint density at radius 3 is 2.66 bits per heavy atom. The summed E-state index contributed by atoms with van der Waals surface area (Å²) in [5, 5.41) is 18.1. The smallest absolute Gasteiger partial charge is 0.411 e. The SMILES string of the molecule is Cc1cc(Cn2cc(-c3ccc4c(c3)N(C(=O)O)C[C@H](C)N4C(=O)CC(C)C)cn2)on1. The molecular weight excluding hydrogens is 410 g/mol. The number of amides is 2. The van der Waals surface area contributed by atoms with Crippen LogP contribution < -0.4 is 9.80 Å². The highest BCUT2D eigenvalue weighted by Crippen LogP contribution is 2.39. The van der Waals surface area contributed by atoms with Crippen molar-refractivity contribution >= 4 is 23.4 Å². The van der Waals surface area contributed by atoms with Gasteiger partial charge in [-0.3, -0.25) is 14.4 Å². The van der Waals surface area contributed by atoms with Crippen LogP contribution in [0.5, 0.6) is 0 Å². The van der Waals surface area contributed by atoms with Crippen molar-refractivity contribution in [2.75, 3.05) is 16.3 Å². The zero-order valence-corrected chi connectivity index (χ0v) is 18.6. The highest BCUT2D eigenvalue weighted by molar-refractivity contribution is 6.03. The summed E-state index contributed by atoms with van der Waals surface area (Å²) in [6.45, 7) is 8.40. The number of anilines is 2. The molecule has 0 spiro atoms. The van der Waals surface area contributed by atoms with E-state index in [4.69, 9.17) is 4.52 Å². The van der Waals surface area contributed by atoms with Crippen LogP contribution in [0.15, 0.2) is 41.2 Å². The molecule has 2 aromatic heterocycles. The van der Waals surface area contributed by atoms with E-state index in [-0.39, 0.29) is 24.4 Å². The maximum atomic E-state index is 12.9. The molecule has 9 heteroatoms. The minimum absolute atomic E-state index is 0.00158. The van der Waals surface area contributed by atoms with Crippen LogP contribution in [0.2, 0.25) is 0 Å². The second-order valence-corrected chi connectivity index (χ2v) is 8.67. The molecule has 0 aliphatic carbocycles. The molecule has 3 heterocycles. The summed E-state index contributed by atoms with van der Waals surface area (Å²) in [6.07, 6.45) is 2.97. The average Bonchev–Trinajstić information content (AvgIpc) is 3.35. The van der Waals surface area contributed by atoms with Gasteiger partial charge in [-0.1, -0.05) is 25.1 Å². The van der Waals surface area contributed by atoms with Gasteiger partial charge in [0.25, 0.3) is 0 Å². The van der Waals surface area contributed by atoms with Crippen molar-refractivity contribution in [3.63, 3.8) is 0 Å². The number of nitrogens with zero attached hydrogens (tertiary/aromatic N) is 5. The zero-order valence-electron chi connectivity index (χ0n) is 18.6. The van der Waals surface area contributed by atoms with Crippen molar-refractivity contribution in [1.29, 1.82) is 0 Å². The van der Waals surface area contributed by atoms with E-state index in [1.807, 2.05) is 58.2 Å². The van der Waals surface area contributed by atoms with Crippen molar-refractivity contribution in [3.8, 4) is 11.1 Å². The Labute approximate surface area is 186 Å². The predicted octanol–water partition coefficient (Wildman–Crippen LogP) is 4.16. The number of hydrogen-bond acceptors (Lipinski definition) is 5. The molecule has 1 atom stereocenters. The minimum atomic E-state index is -1.04. The fourth-order valence-electron chi connectivity index (χ4n) is 4.06. The Balaban J connectivity index is 1.67. The van der Waals surface area contributed by atoms with Crippen molar-refractivity contribution in [2.24, 2.45) is 5.92 Å². The lowest BCUT2D eigenvalue weighted by molar-refractivity contribution is -0.119. The fourth-order valence-corrected chi connectivity index (χ4v) is 4.06. The second kappa shape index (κ2) is 8.49. The van der Waals surface area contributed by atoms with Gasteiger partial charge in [-0.25, -0.2) is 4.79 Å². The van der Waals surface area contributed by atoms with E-state index in [1.165, 1.54) is 4.90 Å². The molecule has 2 amide bonds. The van der Waals surface area contributed by atoms with Crippen LogP contribution in [0.4, 0.5) is 16.2 Å². The van der Waals surface area contributed by atoms with E-state index in [2.05, 4.69) is 10.3 Å². The second-order valence-electron chi connectivity index (χ2n) is 8.67. The first-order valence-corrected chi connectivity index (χ1v) is 10.6. The molecule has 0 saturated carbocycles. The lowest BCUT2D eigenvalue weighted by Gasteiger charge is -2.40. The van der Waals surface area contributed by atoms with Gasteiger partial charge < -0.3 is 14.5 Å². The van der Waals surface area contributed by atoms with Gasteiger partial charge in [0.15, 0.2) is 5.76 Å². The molecule has 1 aliphatic rings. The lowest BCUT2D eigenvalue weighted by atomic mass is 10.0. The summed E-state index contributed by atoms with van der Waals surface area (Å²) in [5.74, 6) is 0.920. The van der Waals surface area contributed by atoms with Gasteiger partial charge in [0.05, 0.1) is 29.3 Å². The van der Waals surface area contributed by atoms with Gasteiger partial charge in [0.2, 0.25) is 5.91 Å². The van der Waals surface area contributed by atoms with E-state index in [9.17, 15) is 14.7 Å². The fraction of sp³-hybridized carbons (Fsp3) is 0.391. The molecule has 0 unspecified atom stereocenters. The van der Waals surface area contributed by atoms with Gasteiger partial charge >= 0.3 is 6.09 Å².